The zero-order chi connectivity index (χ0) is 17.9. The van der Waals surface area contributed by atoms with Gasteiger partial charge in [0.2, 0.25) is 5.91 Å². The zero-order valence-electron chi connectivity index (χ0n) is 14.4. The smallest absolute Gasteiger partial charge is 0.222 e. The summed E-state index contributed by atoms with van der Waals surface area (Å²) in [5, 5.41) is 12.2. The summed E-state index contributed by atoms with van der Waals surface area (Å²) in [6.07, 6.45) is 4.25. The Kier molecular flexibility index (Phi) is 4.27. The van der Waals surface area contributed by atoms with Gasteiger partial charge in [0.05, 0.1) is 19.2 Å². The van der Waals surface area contributed by atoms with Crippen molar-refractivity contribution < 1.29 is 9.53 Å². The van der Waals surface area contributed by atoms with Crippen molar-refractivity contribution in [1.29, 1.82) is 0 Å². The number of amides is 1. The Morgan fingerprint density at radius 3 is 2.92 bits per heavy atom. The summed E-state index contributed by atoms with van der Waals surface area (Å²) in [5.41, 5.74) is 1.82. The molecular weight excluding hydrogens is 330 g/mol. The van der Waals surface area contributed by atoms with Crippen molar-refractivity contribution in [1.82, 2.24) is 24.5 Å². The summed E-state index contributed by atoms with van der Waals surface area (Å²) in [5.74, 6) is 1.52. The molecule has 1 N–H and O–H groups in total. The number of nitrogens with zero attached hydrogens (tertiary/aromatic N) is 4. The van der Waals surface area contributed by atoms with Crippen molar-refractivity contribution in [3.05, 3.63) is 60.7 Å². The number of pyridine rings is 1. The van der Waals surface area contributed by atoms with Crippen molar-refractivity contribution >= 4 is 22.5 Å². The molecule has 0 saturated carbocycles. The molecule has 0 unspecified atom stereocenters. The van der Waals surface area contributed by atoms with E-state index in [4.69, 9.17) is 4.74 Å². The minimum atomic E-state index is -0.0255. The quantitative estimate of drug-likeness (QED) is 0.580. The van der Waals surface area contributed by atoms with Crippen LogP contribution in [0.3, 0.4) is 0 Å². The van der Waals surface area contributed by atoms with Crippen LogP contribution in [-0.2, 0) is 17.9 Å². The highest BCUT2D eigenvalue weighted by atomic mass is 16.5. The predicted molar refractivity (Wildman–Crippen MR) is 97.9 cm³/mol. The van der Waals surface area contributed by atoms with Crippen LogP contribution >= 0.6 is 0 Å². The molecule has 0 radical (unpaired) electrons. The first kappa shape index (κ1) is 16.1. The lowest BCUT2D eigenvalue weighted by molar-refractivity contribution is -0.121. The molecule has 26 heavy (non-hydrogen) atoms. The van der Waals surface area contributed by atoms with E-state index in [1.54, 1.807) is 7.11 Å². The van der Waals surface area contributed by atoms with Gasteiger partial charge in [-0.1, -0.05) is 12.1 Å². The highest BCUT2D eigenvalue weighted by Gasteiger charge is 2.09. The number of aryl methyl sites for hydroxylation is 1. The Morgan fingerprint density at radius 1 is 1.12 bits per heavy atom. The summed E-state index contributed by atoms with van der Waals surface area (Å²) < 4.78 is 9.30. The summed E-state index contributed by atoms with van der Waals surface area (Å²) >= 11 is 0. The predicted octanol–water partition coefficient (Wildman–Crippen LogP) is 2.40. The number of methoxy groups -OCH3 is 1. The van der Waals surface area contributed by atoms with E-state index >= 15 is 0 Å². The molecule has 0 aliphatic rings. The summed E-state index contributed by atoms with van der Waals surface area (Å²) in [4.78, 5) is 12.2. The Balaban J connectivity index is 1.38. The van der Waals surface area contributed by atoms with Crippen molar-refractivity contribution in [3.8, 4) is 5.75 Å². The second kappa shape index (κ2) is 6.87. The SMILES string of the molecule is COc1cccc2c1ccn2CCC(=O)NCc1nnc2ccccn12. The van der Waals surface area contributed by atoms with E-state index in [1.807, 2.05) is 59.3 Å². The number of hydrogen-bond acceptors (Lipinski definition) is 4. The lowest BCUT2D eigenvalue weighted by atomic mass is 10.2. The van der Waals surface area contributed by atoms with Gasteiger partial charge < -0.3 is 14.6 Å². The molecule has 0 spiro atoms. The maximum Gasteiger partial charge on any atom is 0.222 e. The van der Waals surface area contributed by atoms with E-state index in [2.05, 4.69) is 20.1 Å². The number of hydrogen-bond donors (Lipinski definition) is 1. The van der Waals surface area contributed by atoms with Gasteiger partial charge in [-0.15, -0.1) is 10.2 Å². The first-order valence-corrected chi connectivity index (χ1v) is 8.43. The molecule has 1 amide bonds. The third-order valence-corrected chi connectivity index (χ3v) is 4.40. The van der Waals surface area contributed by atoms with Crippen LogP contribution in [0, 0.1) is 0 Å². The molecule has 0 aliphatic carbocycles. The molecule has 4 aromatic rings. The lowest BCUT2D eigenvalue weighted by Gasteiger charge is -2.07. The normalized spacial score (nSPS) is 11.1. The van der Waals surface area contributed by atoms with E-state index in [1.165, 1.54) is 0 Å². The van der Waals surface area contributed by atoms with Crippen LogP contribution in [0.5, 0.6) is 5.75 Å². The highest BCUT2D eigenvalue weighted by Crippen LogP contribution is 2.26. The van der Waals surface area contributed by atoms with Crippen molar-refractivity contribution in [2.45, 2.75) is 19.5 Å². The molecule has 0 fully saturated rings. The number of carbonyl (C=O) groups excluding carboxylic acids is 1. The first-order chi connectivity index (χ1) is 12.8. The van der Waals surface area contributed by atoms with Gasteiger partial charge in [0.25, 0.3) is 0 Å². The molecule has 7 nitrogen and oxygen atoms in total. The second-order valence-corrected chi connectivity index (χ2v) is 5.97. The number of carbonyl (C=O) groups is 1. The van der Waals surface area contributed by atoms with Crippen molar-refractivity contribution in [2.24, 2.45) is 0 Å². The zero-order valence-corrected chi connectivity index (χ0v) is 14.4. The highest BCUT2D eigenvalue weighted by molar-refractivity contribution is 5.86. The van der Waals surface area contributed by atoms with Crippen LogP contribution in [-0.4, -0.2) is 32.2 Å². The van der Waals surface area contributed by atoms with Crippen LogP contribution in [0.25, 0.3) is 16.6 Å². The number of benzene rings is 1. The third kappa shape index (κ3) is 2.99. The Labute approximate surface area is 150 Å². The summed E-state index contributed by atoms with van der Waals surface area (Å²) in [6, 6.07) is 13.6. The van der Waals surface area contributed by atoms with Gasteiger partial charge in [-0.3, -0.25) is 9.20 Å². The van der Waals surface area contributed by atoms with E-state index < -0.39 is 0 Å². The summed E-state index contributed by atoms with van der Waals surface area (Å²) in [7, 11) is 1.66. The Morgan fingerprint density at radius 2 is 2.04 bits per heavy atom. The molecule has 3 heterocycles. The van der Waals surface area contributed by atoms with Crippen LogP contribution in [0.15, 0.2) is 54.9 Å². The fourth-order valence-corrected chi connectivity index (χ4v) is 3.07. The molecule has 0 saturated heterocycles. The average molecular weight is 349 g/mol. The number of ether oxygens (including phenoxy) is 1. The minimum absolute atomic E-state index is 0.0255. The molecular formula is C19H19N5O2. The molecule has 1 aromatic carbocycles. The van der Waals surface area contributed by atoms with Gasteiger partial charge >= 0.3 is 0 Å². The van der Waals surface area contributed by atoms with E-state index in [-0.39, 0.29) is 5.91 Å². The fraction of sp³-hybridized carbons (Fsp3) is 0.211. The van der Waals surface area contributed by atoms with Crippen LogP contribution < -0.4 is 10.1 Å². The number of rotatable bonds is 6. The third-order valence-electron chi connectivity index (χ3n) is 4.40. The van der Waals surface area contributed by atoms with Crippen LogP contribution in [0.1, 0.15) is 12.2 Å². The van der Waals surface area contributed by atoms with Gasteiger partial charge in [-0.25, -0.2) is 0 Å². The fourth-order valence-electron chi connectivity index (χ4n) is 3.07. The topological polar surface area (TPSA) is 73.4 Å². The molecule has 0 atom stereocenters. The summed E-state index contributed by atoms with van der Waals surface area (Å²) in [6.45, 7) is 0.952. The first-order valence-electron chi connectivity index (χ1n) is 8.43. The van der Waals surface area contributed by atoms with E-state index in [0.29, 0.717) is 25.3 Å². The monoisotopic (exact) mass is 349 g/mol. The number of aromatic nitrogens is 4. The number of nitrogens with one attached hydrogen (secondary N) is 1. The van der Waals surface area contributed by atoms with Crippen molar-refractivity contribution in [2.75, 3.05) is 7.11 Å². The molecule has 3 aromatic heterocycles. The standard InChI is InChI=1S/C19H19N5O2/c1-26-16-6-4-5-15-14(16)8-11-23(15)12-9-19(25)20-13-18-22-21-17-7-2-3-10-24(17)18/h2-8,10-11H,9,12-13H2,1H3,(H,20,25). The van der Waals surface area contributed by atoms with E-state index in [9.17, 15) is 4.79 Å². The average Bonchev–Trinajstić information content (AvgIpc) is 3.28. The van der Waals surface area contributed by atoms with Gasteiger partial charge in [0, 0.05) is 30.7 Å². The molecule has 132 valence electrons. The van der Waals surface area contributed by atoms with Crippen molar-refractivity contribution in [3.63, 3.8) is 0 Å². The van der Waals surface area contributed by atoms with Gasteiger partial charge in [-0.2, -0.15) is 0 Å². The molecule has 0 aliphatic heterocycles. The Bertz CT molecular complexity index is 1070. The van der Waals surface area contributed by atoms with Gasteiger partial charge in [0.1, 0.15) is 5.75 Å². The molecule has 0 bridgehead atoms. The second-order valence-electron chi connectivity index (χ2n) is 5.97. The largest absolute Gasteiger partial charge is 0.496 e. The maximum atomic E-state index is 12.2. The number of fused-ring (bicyclic) bond motifs is 2. The van der Waals surface area contributed by atoms with Gasteiger partial charge in [-0.05, 0) is 30.3 Å². The molecule has 4 rings (SSSR count). The Hall–Kier alpha value is -3.35. The van der Waals surface area contributed by atoms with E-state index in [0.717, 1.165) is 22.3 Å². The van der Waals surface area contributed by atoms with Gasteiger partial charge in [0.15, 0.2) is 11.5 Å². The minimum Gasteiger partial charge on any atom is -0.496 e. The van der Waals surface area contributed by atoms with Crippen LogP contribution in [0.2, 0.25) is 0 Å². The lowest BCUT2D eigenvalue weighted by Crippen LogP contribution is -2.24. The molecule has 7 heteroatoms. The van der Waals surface area contributed by atoms with Crippen LogP contribution in [0.4, 0.5) is 0 Å². The maximum absolute atomic E-state index is 12.2.